The first-order valence-corrected chi connectivity index (χ1v) is 7.37. The van der Waals surface area contributed by atoms with Gasteiger partial charge in [-0.2, -0.15) is 0 Å². The summed E-state index contributed by atoms with van der Waals surface area (Å²) < 4.78 is 5.49. The maximum atomic E-state index is 11.8. The number of hydrogen-bond acceptors (Lipinski definition) is 3. The number of carbonyl (C=O) groups is 1. The summed E-state index contributed by atoms with van der Waals surface area (Å²) in [7, 11) is 0. The average Bonchev–Trinajstić information content (AvgIpc) is 2.43. The fourth-order valence-electron chi connectivity index (χ4n) is 2.59. The van der Waals surface area contributed by atoms with Gasteiger partial charge < -0.3 is 15.8 Å². The Morgan fingerprint density at radius 3 is 2.75 bits per heavy atom. The van der Waals surface area contributed by atoms with Crippen molar-refractivity contribution >= 4 is 5.91 Å². The molecule has 1 saturated carbocycles. The lowest BCUT2D eigenvalue weighted by Crippen LogP contribution is -2.37. The van der Waals surface area contributed by atoms with E-state index in [0.717, 1.165) is 25.0 Å². The quantitative estimate of drug-likeness (QED) is 0.800. The fourth-order valence-corrected chi connectivity index (χ4v) is 2.59. The molecule has 1 unspecified atom stereocenters. The van der Waals surface area contributed by atoms with Gasteiger partial charge in [0.15, 0.2) is 0 Å². The molecule has 1 aromatic carbocycles. The Hall–Kier alpha value is -1.39. The number of amides is 1. The number of carbonyl (C=O) groups excluding carboxylic acids is 1. The van der Waals surface area contributed by atoms with Gasteiger partial charge in [0.25, 0.3) is 0 Å². The Labute approximate surface area is 120 Å². The first-order valence-electron chi connectivity index (χ1n) is 7.37. The molecule has 1 aromatic rings. The van der Waals surface area contributed by atoms with E-state index in [2.05, 4.69) is 5.32 Å². The third kappa shape index (κ3) is 4.32. The highest BCUT2D eigenvalue weighted by Crippen LogP contribution is 2.32. The second kappa shape index (κ2) is 7.41. The van der Waals surface area contributed by atoms with Crippen molar-refractivity contribution in [1.29, 1.82) is 0 Å². The predicted molar refractivity (Wildman–Crippen MR) is 79.1 cm³/mol. The van der Waals surface area contributed by atoms with E-state index in [1.807, 2.05) is 37.3 Å². The molecule has 110 valence electrons. The summed E-state index contributed by atoms with van der Waals surface area (Å²) in [5.74, 6) is 0.566. The molecule has 1 fully saturated rings. The van der Waals surface area contributed by atoms with Crippen molar-refractivity contribution in [1.82, 2.24) is 5.32 Å². The van der Waals surface area contributed by atoms with E-state index in [4.69, 9.17) is 10.5 Å². The largest absolute Gasteiger partial charge is 0.378 e. The first kappa shape index (κ1) is 15.0. The van der Waals surface area contributed by atoms with Gasteiger partial charge in [-0.1, -0.05) is 30.3 Å². The first-order chi connectivity index (χ1) is 9.69. The minimum absolute atomic E-state index is 0.0938. The second-order valence-corrected chi connectivity index (χ2v) is 5.44. The molecule has 0 bridgehead atoms. The normalized spacial score (nSPS) is 22.9. The van der Waals surface area contributed by atoms with Crippen molar-refractivity contribution in [3.8, 4) is 0 Å². The van der Waals surface area contributed by atoms with Gasteiger partial charge >= 0.3 is 0 Å². The van der Waals surface area contributed by atoms with E-state index in [9.17, 15) is 4.79 Å². The van der Waals surface area contributed by atoms with Crippen LogP contribution in [0.5, 0.6) is 0 Å². The van der Waals surface area contributed by atoms with Crippen LogP contribution in [0.4, 0.5) is 0 Å². The van der Waals surface area contributed by atoms with Crippen molar-refractivity contribution in [2.24, 2.45) is 11.7 Å². The molecular formula is C16H24N2O2. The maximum absolute atomic E-state index is 11.8. The number of nitrogens with one attached hydrogen (secondary N) is 1. The molecule has 4 heteroatoms. The van der Waals surface area contributed by atoms with Crippen LogP contribution in [0.15, 0.2) is 30.3 Å². The lowest BCUT2D eigenvalue weighted by molar-refractivity contribution is -0.124. The minimum Gasteiger partial charge on any atom is -0.378 e. The van der Waals surface area contributed by atoms with E-state index in [1.165, 1.54) is 0 Å². The van der Waals surface area contributed by atoms with Crippen LogP contribution < -0.4 is 11.1 Å². The third-order valence-corrected chi connectivity index (χ3v) is 3.82. The summed E-state index contributed by atoms with van der Waals surface area (Å²) in [5.41, 5.74) is 7.10. The van der Waals surface area contributed by atoms with Gasteiger partial charge in [0.2, 0.25) is 5.91 Å². The summed E-state index contributed by atoms with van der Waals surface area (Å²) in [6.07, 6.45) is 2.97. The Bertz CT molecular complexity index is 416. The van der Waals surface area contributed by atoms with Crippen LogP contribution in [0, 0.1) is 5.92 Å². The Balaban J connectivity index is 1.64. The average molecular weight is 276 g/mol. The van der Waals surface area contributed by atoms with Crippen LogP contribution in [-0.4, -0.2) is 25.2 Å². The highest BCUT2D eigenvalue weighted by Gasteiger charge is 2.30. The van der Waals surface area contributed by atoms with Crippen molar-refractivity contribution in [3.63, 3.8) is 0 Å². The van der Waals surface area contributed by atoms with Crippen molar-refractivity contribution in [2.45, 2.75) is 38.3 Å². The van der Waals surface area contributed by atoms with E-state index in [-0.39, 0.29) is 11.9 Å². The lowest BCUT2D eigenvalue weighted by atomic mass is 9.80. The maximum Gasteiger partial charge on any atom is 0.220 e. The zero-order chi connectivity index (χ0) is 14.4. The highest BCUT2D eigenvalue weighted by atomic mass is 16.5. The molecule has 1 amide bonds. The molecule has 0 spiro atoms. The molecule has 0 heterocycles. The molecule has 1 aliphatic carbocycles. The van der Waals surface area contributed by atoms with Gasteiger partial charge in [-0.25, -0.2) is 0 Å². The number of nitrogens with two attached hydrogens (primary N) is 1. The highest BCUT2D eigenvalue weighted by molar-refractivity contribution is 5.76. The molecule has 0 aliphatic heterocycles. The monoisotopic (exact) mass is 276 g/mol. The molecule has 2 rings (SSSR count). The van der Waals surface area contributed by atoms with Crippen molar-refractivity contribution < 1.29 is 9.53 Å². The van der Waals surface area contributed by atoms with Gasteiger partial charge in [-0.15, -0.1) is 0 Å². The van der Waals surface area contributed by atoms with Crippen LogP contribution in [0.1, 0.15) is 37.8 Å². The van der Waals surface area contributed by atoms with Crippen LogP contribution in [0.25, 0.3) is 0 Å². The van der Waals surface area contributed by atoms with Crippen LogP contribution >= 0.6 is 0 Å². The Morgan fingerprint density at radius 2 is 2.10 bits per heavy atom. The lowest BCUT2D eigenvalue weighted by Gasteiger charge is -2.34. The second-order valence-electron chi connectivity index (χ2n) is 5.44. The molecule has 1 atom stereocenters. The Kier molecular flexibility index (Phi) is 5.56. The number of rotatable bonds is 7. The molecule has 0 radical (unpaired) electrons. The van der Waals surface area contributed by atoms with Gasteiger partial charge in [0, 0.05) is 25.6 Å². The summed E-state index contributed by atoms with van der Waals surface area (Å²) in [6, 6.07) is 9.70. The summed E-state index contributed by atoms with van der Waals surface area (Å²) in [5, 5.41) is 2.92. The number of benzene rings is 1. The van der Waals surface area contributed by atoms with Crippen molar-refractivity contribution in [2.75, 3.05) is 13.2 Å². The van der Waals surface area contributed by atoms with Gasteiger partial charge in [0.05, 0.1) is 6.10 Å². The van der Waals surface area contributed by atoms with Crippen LogP contribution in [-0.2, 0) is 9.53 Å². The standard InChI is InChI=1S/C16H24N2O2/c1-2-20-14-8-12(9-14)10-16(19)18-11-15(17)13-6-4-3-5-7-13/h3-7,12,14-15H,2,8-11,17H2,1H3,(H,18,19). The van der Waals surface area contributed by atoms with Crippen LogP contribution in [0.2, 0.25) is 0 Å². The molecule has 3 N–H and O–H groups in total. The predicted octanol–water partition coefficient (Wildman–Crippen LogP) is 2.01. The van der Waals surface area contributed by atoms with E-state index < -0.39 is 0 Å². The summed E-state index contributed by atoms with van der Waals surface area (Å²) in [6.45, 7) is 3.25. The minimum atomic E-state index is -0.141. The molecule has 4 nitrogen and oxygen atoms in total. The summed E-state index contributed by atoms with van der Waals surface area (Å²) in [4.78, 5) is 11.8. The Morgan fingerprint density at radius 1 is 1.40 bits per heavy atom. The zero-order valence-corrected chi connectivity index (χ0v) is 12.0. The third-order valence-electron chi connectivity index (χ3n) is 3.82. The number of ether oxygens (including phenoxy) is 1. The van der Waals surface area contributed by atoms with Crippen LogP contribution in [0.3, 0.4) is 0 Å². The molecule has 0 aromatic heterocycles. The molecule has 0 saturated heterocycles. The SMILES string of the molecule is CCOC1CC(CC(=O)NCC(N)c2ccccc2)C1. The van der Waals surface area contributed by atoms with Gasteiger partial charge in [-0.05, 0) is 31.2 Å². The van der Waals surface area contributed by atoms with Gasteiger partial charge in [0.1, 0.15) is 0 Å². The summed E-state index contributed by atoms with van der Waals surface area (Å²) >= 11 is 0. The topological polar surface area (TPSA) is 64.3 Å². The molecular weight excluding hydrogens is 252 g/mol. The smallest absolute Gasteiger partial charge is 0.220 e. The van der Waals surface area contributed by atoms with E-state index in [1.54, 1.807) is 0 Å². The van der Waals surface area contributed by atoms with Crippen molar-refractivity contribution in [3.05, 3.63) is 35.9 Å². The molecule has 1 aliphatic rings. The van der Waals surface area contributed by atoms with E-state index in [0.29, 0.717) is 25.0 Å². The fraction of sp³-hybridized carbons (Fsp3) is 0.562. The zero-order valence-electron chi connectivity index (χ0n) is 12.0. The van der Waals surface area contributed by atoms with Gasteiger partial charge in [-0.3, -0.25) is 4.79 Å². The molecule has 20 heavy (non-hydrogen) atoms. The number of hydrogen-bond donors (Lipinski definition) is 2. The van der Waals surface area contributed by atoms with E-state index >= 15 is 0 Å².